The smallest absolute Gasteiger partial charge is 0.243 e. The van der Waals surface area contributed by atoms with E-state index in [9.17, 15) is 0 Å². The van der Waals surface area contributed by atoms with Crippen LogP contribution in [0.15, 0.2) is 20.0 Å². The van der Waals surface area contributed by atoms with Crippen LogP contribution in [0.1, 0.15) is 0 Å². The molecule has 0 bridgehead atoms. The van der Waals surface area contributed by atoms with Gasteiger partial charge in [0.25, 0.3) is 5.12 Å². The van der Waals surface area contributed by atoms with Crippen molar-refractivity contribution in [2.24, 2.45) is 20.0 Å². The molecule has 0 aromatic carbocycles. The van der Waals surface area contributed by atoms with Crippen LogP contribution in [-0.2, 0) is 0 Å². The number of rotatable bonds is 0. The molecular weight excluding hydrogens is 187 g/mol. The summed E-state index contributed by atoms with van der Waals surface area (Å²) in [5, 5.41) is -1.03. The van der Waals surface area contributed by atoms with Gasteiger partial charge in [-0.15, -0.1) is 0 Å². The third-order valence-corrected chi connectivity index (χ3v) is 1.82. The molecule has 2 heterocycles. The minimum absolute atomic E-state index is 0.112. The molecule has 11 heavy (non-hydrogen) atoms. The van der Waals surface area contributed by atoms with E-state index in [0.29, 0.717) is 5.71 Å². The molecule has 6 heteroatoms. The second kappa shape index (κ2) is 2.12. The molecule has 2 rings (SSSR count). The van der Waals surface area contributed by atoms with Gasteiger partial charge in [-0.1, -0.05) is 11.6 Å². The van der Waals surface area contributed by atoms with Gasteiger partial charge in [-0.3, -0.25) is 0 Å². The molecule has 0 amide bonds. The first-order valence-corrected chi connectivity index (χ1v) is 3.57. The summed E-state index contributed by atoms with van der Waals surface area (Å²) in [6.07, 6.45) is 2.81. The number of nitrogens with zero attached hydrogens (tertiary/aromatic N) is 4. The lowest BCUT2D eigenvalue weighted by molar-refractivity contribution is 0.863. The highest BCUT2D eigenvalue weighted by Gasteiger charge is 2.37. The average molecular weight is 189 g/mol. The molecule has 0 aromatic rings. The molecule has 0 spiro atoms. The number of halogens is 2. The van der Waals surface area contributed by atoms with Gasteiger partial charge in [-0.05, 0) is 11.6 Å². The Labute approximate surface area is 72.4 Å². The van der Waals surface area contributed by atoms with Crippen molar-refractivity contribution in [3.05, 3.63) is 0 Å². The molecule has 0 aliphatic carbocycles. The topological polar surface area (TPSA) is 49.4 Å². The number of alkyl halides is 1. The largest absolute Gasteiger partial charge is 0.275 e. The van der Waals surface area contributed by atoms with Crippen LogP contribution >= 0.6 is 23.2 Å². The minimum atomic E-state index is -1.14. The summed E-state index contributed by atoms with van der Waals surface area (Å²) >= 11 is 11.4. The lowest BCUT2D eigenvalue weighted by atomic mass is 10.3. The molecule has 2 aliphatic rings. The van der Waals surface area contributed by atoms with Gasteiger partial charge in [0, 0.05) is 0 Å². The first-order chi connectivity index (χ1) is 5.21. The summed E-state index contributed by atoms with van der Waals surface area (Å²) in [6, 6.07) is 0. The zero-order valence-electron chi connectivity index (χ0n) is 5.20. The van der Waals surface area contributed by atoms with Crippen LogP contribution in [0.25, 0.3) is 0 Å². The fraction of sp³-hybridized carbons (Fsp3) is 0.200. The zero-order chi connectivity index (χ0) is 7.90. The summed E-state index contributed by atoms with van der Waals surface area (Å²) in [4.78, 5) is 15.2. The van der Waals surface area contributed by atoms with E-state index < -0.39 is 5.12 Å². The van der Waals surface area contributed by atoms with Crippen molar-refractivity contribution in [1.29, 1.82) is 0 Å². The molecule has 2 aliphatic heterocycles. The van der Waals surface area contributed by atoms with E-state index in [0.717, 1.165) is 0 Å². The van der Waals surface area contributed by atoms with Crippen LogP contribution in [0.2, 0.25) is 0 Å². The van der Waals surface area contributed by atoms with Crippen molar-refractivity contribution in [2.45, 2.75) is 5.12 Å². The standard InChI is InChI=1S/C5H2Cl2N4/c6-4-10-3-1-8-2-9-5(3,7)11-4/h1-2H. The van der Waals surface area contributed by atoms with E-state index in [1.165, 1.54) is 12.6 Å². The molecule has 0 saturated carbocycles. The Balaban J connectivity index is 2.52. The first-order valence-electron chi connectivity index (χ1n) is 2.81. The van der Waals surface area contributed by atoms with Gasteiger partial charge in [-0.25, -0.2) is 20.0 Å². The highest BCUT2D eigenvalue weighted by atomic mass is 35.5. The predicted octanol–water partition coefficient (Wildman–Crippen LogP) is 1.04. The summed E-state index contributed by atoms with van der Waals surface area (Å²) in [5.41, 5.74) is 0.465. The van der Waals surface area contributed by atoms with Crippen molar-refractivity contribution < 1.29 is 0 Å². The second-order valence-electron chi connectivity index (χ2n) is 1.99. The SMILES string of the molecule is ClC1=NC2(Cl)N=CN=CC2=N1. The van der Waals surface area contributed by atoms with Crippen molar-refractivity contribution in [3.8, 4) is 0 Å². The van der Waals surface area contributed by atoms with Crippen molar-refractivity contribution >= 4 is 46.8 Å². The normalized spacial score (nSPS) is 33.3. The molecule has 56 valence electrons. The van der Waals surface area contributed by atoms with Crippen LogP contribution in [-0.4, -0.2) is 28.7 Å². The molecule has 1 atom stereocenters. The van der Waals surface area contributed by atoms with E-state index in [1.807, 2.05) is 0 Å². The lowest BCUT2D eigenvalue weighted by Gasteiger charge is -2.13. The summed E-state index contributed by atoms with van der Waals surface area (Å²) in [6.45, 7) is 0. The van der Waals surface area contributed by atoms with Gasteiger partial charge < -0.3 is 0 Å². The van der Waals surface area contributed by atoms with Gasteiger partial charge in [-0.2, -0.15) is 0 Å². The van der Waals surface area contributed by atoms with E-state index in [4.69, 9.17) is 23.2 Å². The molecular formula is C5H2Cl2N4. The highest BCUT2D eigenvalue weighted by Crippen LogP contribution is 2.27. The van der Waals surface area contributed by atoms with Crippen LogP contribution in [0, 0.1) is 0 Å². The molecule has 1 unspecified atom stereocenters. The average Bonchev–Trinajstić information content (AvgIpc) is 2.22. The van der Waals surface area contributed by atoms with E-state index in [2.05, 4.69) is 20.0 Å². The Hall–Kier alpha value is -0.740. The number of fused-ring (bicyclic) bond motifs is 1. The lowest BCUT2D eigenvalue weighted by Crippen LogP contribution is -2.28. The predicted molar refractivity (Wildman–Crippen MR) is 46.3 cm³/mol. The van der Waals surface area contributed by atoms with Gasteiger partial charge >= 0.3 is 0 Å². The second-order valence-corrected chi connectivity index (χ2v) is 2.85. The Morgan fingerprint density at radius 3 is 3.00 bits per heavy atom. The Kier molecular flexibility index (Phi) is 1.34. The molecule has 0 N–H and O–H groups in total. The van der Waals surface area contributed by atoms with Gasteiger partial charge in [0.05, 0.1) is 6.21 Å². The van der Waals surface area contributed by atoms with E-state index in [1.54, 1.807) is 0 Å². The molecule has 4 nitrogen and oxygen atoms in total. The Morgan fingerprint density at radius 1 is 1.45 bits per heavy atom. The summed E-state index contributed by atoms with van der Waals surface area (Å²) < 4.78 is 0. The molecule has 0 radical (unpaired) electrons. The third kappa shape index (κ3) is 0.985. The quantitative estimate of drug-likeness (QED) is 0.403. The number of hydrogen-bond donors (Lipinski definition) is 0. The summed E-state index contributed by atoms with van der Waals surface area (Å²) in [7, 11) is 0. The molecule has 0 aromatic heterocycles. The minimum Gasteiger partial charge on any atom is -0.243 e. The maximum atomic E-state index is 5.88. The first kappa shape index (κ1) is 6.94. The van der Waals surface area contributed by atoms with Crippen LogP contribution < -0.4 is 0 Å². The number of amidine groups is 1. The molecule has 0 saturated heterocycles. The molecule has 0 fully saturated rings. The fourth-order valence-electron chi connectivity index (χ4n) is 0.795. The van der Waals surface area contributed by atoms with Gasteiger partial charge in [0.2, 0.25) is 5.29 Å². The van der Waals surface area contributed by atoms with Crippen LogP contribution in [0.4, 0.5) is 0 Å². The summed E-state index contributed by atoms with van der Waals surface area (Å²) in [5.74, 6) is 0. The zero-order valence-corrected chi connectivity index (χ0v) is 6.71. The maximum Gasteiger partial charge on any atom is 0.275 e. The maximum absolute atomic E-state index is 5.88. The van der Waals surface area contributed by atoms with E-state index >= 15 is 0 Å². The number of hydrogen-bond acceptors (Lipinski definition) is 4. The monoisotopic (exact) mass is 188 g/mol. The Morgan fingerprint density at radius 2 is 2.27 bits per heavy atom. The van der Waals surface area contributed by atoms with Gasteiger partial charge in [0.15, 0.2) is 0 Å². The number of aliphatic imine (C=N–C) groups is 4. The van der Waals surface area contributed by atoms with Crippen molar-refractivity contribution in [2.75, 3.05) is 0 Å². The third-order valence-electron chi connectivity index (χ3n) is 1.27. The fourth-order valence-corrected chi connectivity index (χ4v) is 1.27. The van der Waals surface area contributed by atoms with Crippen molar-refractivity contribution in [3.63, 3.8) is 0 Å². The van der Waals surface area contributed by atoms with Gasteiger partial charge in [0.1, 0.15) is 12.1 Å². The van der Waals surface area contributed by atoms with E-state index in [-0.39, 0.29) is 5.29 Å². The Bertz CT molecular complexity index is 316. The highest BCUT2D eigenvalue weighted by molar-refractivity contribution is 6.69. The van der Waals surface area contributed by atoms with Crippen molar-refractivity contribution in [1.82, 2.24) is 0 Å². The van der Waals surface area contributed by atoms with Crippen LogP contribution in [0.5, 0.6) is 0 Å². The van der Waals surface area contributed by atoms with Crippen LogP contribution in [0.3, 0.4) is 0 Å².